The predicted molar refractivity (Wildman–Crippen MR) is 98.7 cm³/mol. The van der Waals surface area contributed by atoms with Gasteiger partial charge in [0.25, 0.3) is 0 Å². The van der Waals surface area contributed by atoms with Crippen molar-refractivity contribution in [3.8, 4) is 0 Å². The Labute approximate surface area is 156 Å². The molecule has 1 N–H and O–H groups in total. The second-order valence-corrected chi connectivity index (χ2v) is 6.13. The van der Waals surface area contributed by atoms with Crippen molar-refractivity contribution in [2.75, 3.05) is 16.8 Å². The number of alkyl halides is 3. The van der Waals surface area contributed by atoms with Gasteiger partial charge in [-0.2, -0.15) is 13.2 Å². The number of rotatable bonds is 5. The van der Waals surface area contributed by atoms with Gasteiger partial charge in [-0.05, 0) is 36.6 Å². The van der Waals surface area contributed by atoms with E-state index in [1.807, 2.05) is 32.0 Å². The number of para-hydroxylation sites is 2. The number of hydrogen-bond acceptors (Lipinski definition) is 2. The fourth-order valence-corrected chi connectivity index (χ4v) is 2.84. The highest BCUT2D eigenvalue weighted by Gasteiger charge is 2.35. The van der Waals surface area contributed by atoms with Crippen LogP contribution in [0.3, 0.4) is 0 Å². The number of carbonyl (C=O) groups excluding carboxylic acids is 2. The van der Waals surface area contributed by atoms with Gasteiger partial charge < -0.3 is 10.2 Å². The molecule has 2 aromatic rings. The highest BCUT2D eigenvalue weighted by molar-refractivity contribution is 6.02. The Kier molecular flexibility index (Phi) is 6.25. The number of amides is 2. The van der Waals surface area contributed by atoms with Gasteiger partial charge in [0.15, 0.2) is 0 Å². The second-order valence-electron chi connectivity index (χ2n) is 6.13. The summed E-state index contributed by atoms with van der Waals surface area (Å²) in [6, 6.07) is 10.3. The smallest absolute Gasteiger partial charge is 0.324 e. The Bertz CT molecular complexity index is 847. The van der Waals surface area contributed by atoms with Crippen LogP contribution in [0, 0.1) is 6.92 Å². The highest BCUT2D eigenvalue weighted by atomic mass is 19.4. The molecule has 0 aliphatic rings. The van der Waals surface area contributed by atoms with Crippen molar-refractivity contribution in [1.29, 1.82) is 0 Å². The summed E-state index contributed by atoms with van der Waals surface area (Å²) in [6.07, 6.45) is -3.95. The SMILES string of the molecule is CCc1cccc(C)c1NC(=O)CN(C(C)=O)c1ccccc1C(F)(F)F. The van der Waals surface area contributed by atoms with Crippen LogP contribution >= 0.6 is 0 Å². The molecule has 144 valence electrons. The molecule has 0 heterocycles. The molecule has 0 saturated carbocycles. The molecule has 0 saturated heterocycles. The molecule has 0 radical (unpaired) electrons. The van der Waals surface area contributed by atoms with E-state index < -0.39 is 30.1 Å². The minimum absolute atomic E-state index is 0.340. The summed E-state index contributed by atoms with van der Waals surface area (Å²) in [7, 11) is 0. The molecule has 0 aromatic heterocycles. The third-order valence-corrected chi connectivity index (χ3v) is 4.19. The van der Waals surface area contributed by atoms with Gasteiger partial charge >= 0.3 is 6.18 Å². The number of nitrogens with one attached hydrogen (secondary N) is 1. The number of anilines is 2. The lowest BCUT2D eigenvalue weighted by Crippen LogP contribution is -2.38. The molecule has 0 atom stereocenters. The third kappa shape index (κ3) is 4.87. The summed E-state index contributed by atoms with van der Waals surface area (Å²) in [5, 5.41) is 2.73. The predicted octanol–water partition coefficient (Wildman–Crippen LogP) is 4.57. The Morgan fingerprint density at radius 3 is 2.33 bits per heavy atom. The monoisotopic (exact) mass is 378 g/mol. The Balaban J connectivity index is 2.31. The lowest BCUT2D eigenvalue weighted by molar-refractivity contribution is -0.137. The molecule has 2 amide bonds. The normalized spacial score (nSPS) is 11.2. The molecular weight excluding hydrogens is 357 g/mol. The molecule has 2 aromatic carbocycles. The van der Waals surface area contributed by atoms with Crippen LogP contribution in [0.15, 0.2) is 42.5 Å². The largest absolute Gasteiger partial charge is 0.418 e. The van der Waals surface area contributed by atoms with Gasteiger partial charge in [0, 0.05) is 12.6 Å². The molecule has 7 heteroatoms. The van der Waals surface area contributed by atoms with E-state index in [1.165, 1.54) is 18.2 Å². The molecular formula is C20H21F3N2O2. The molecule has 0 aliphatic carbocycles. The number of benzene rings is 2. The van der Waals surface area contributed by atoms with E-state index >= 15 is 0 Å². The average molecular weight is 378 g/mol. The van der Waals surface area contributed by atoms with Crippen LogP contribution in [0.4, 0.5) is 24.5 Å². The minimum Gasteiger partial charge on any atom is -0.324 e. The molecule has 27 heavy (non-hydrogen) atoms. The summed E-state index contributed by atoms with van der Waals surface area (Å²) in [5.41, 5.74) is 1.07. The van der Waals surface area contributed by atoms with Crippen LogP contribution < -0.4 is 10.2 Å². The van der Waals surface area contributed by atoms with Gasteiger partial charge in [0.05, 0.1) is 11.3 Å². The van der Waals surface area contributed by atoms with Crippen molar-refractivity contribution in [1.82, 2.24) is 0 Å². The number of nitrogens with zero attached hydrogens (tertiary/aromatic N) is 1. The molecule has 0 fully saturated rings. The Morgan fingerprint density at radius 2 is 1.74 bits per heavy atom. The minimum atomic E-state index is -4.63. The summed E-state index contributed by atoms with van der Waals surface area (Å²) in [5.74, 6) is -1.21. The van der Waals surface area contributed by atoms with Crippen LogP contribution in [-0.2, 0) is 22.2 Å². The summed E-state index contributed by atoms with van der Waals surface area (Å²) in [4.78, 5) is 25.3. The van der Waals surface area contributed by atoms with Gasteiger partial charge in [-0.15, -0.1) is 0 Å². The van der Waals surface area contributed by atoms with E-state index in [1.54, 1.807) is 0 Å². The molecule has 0 bridgehead atoms. The van der Waals surface area contributed by atoms with E-state index in [9.17, 15) is 22.8 Å². The van der Waals surface area contributed by atoms with Crippen molar-refractivity contribution in [2.24, 2.45) is 0 Å². The van der Waals surface area contributed by atoms with Crippen LogP contribution in [0.25, 0.3) is 0 Å². The maximum absolute atomic E-state index is 13.3. The van der Waals surface area contributed by atoms with Crippen LogP contribution in [0.1, 0.15) is 30.5 Å². The first-order valence-electron chi connectivity index (χ1n) is 8.47. The van der Waals surface area contributed by atoms with E-state index in [2.05, 4.69) is 5.32 Å². The molecule has 0 aliphatic heterocycles. The zero-order chi connectivity index (χ0) is 20.2. The van der Waals surface area contributed by atoms with Crippen molar-refractivity contribution >= 4 is 23.2 Å². The molecule has 4 nitrogen and oxygen atoms in total. The quantitative estimate of drug-likeness (QED) is 0.829. The summed E-state index contributed by atoms with van der Waals surface area (Å²) >= 11 is 0. The van der Waals surface area contributed by atoms with Crippen molar-refractivity contribution < 1.29 is 22.8 Å². The first kappa shape index (κ1) is 20.5. The maximum Gasteiger partial charge on any atom is 0.418 e. The van der Waals surface area contributed by atoms with Crippen molar-refractivity contribution in [3.05, 3.63) is 59.2 Å². The first-order valence-corrected chi connectivity index (χ1v) is 8.47. The van der Waals surface area contributed by atoms with Gasteiger partial charge in [0.2, 0.25) is 11.8 Å². The summed E-state index contributed by atoms with van der Waals surface area (Å²) in [6.45, 7) is 4.38. The van der Waals surface area contributed by atoms with Gasteiger partial charge in [-0.25, -0.2) is 0 Å². The number of hydrogen-bond donors (Lipinski definition) is 1. The van der Waals surface area contributed by atoms with E-state index in [0.717, 1.165) is 29.0 Å². The van der Waals surface area contributed by atoms with Crippen LogP contribution in [0.5, 0.6) is 0 Å². The van der Waals surface area contributed by atoms with Crippen LogP contribution in [-0.4, -0.2) is 18.4 Å². The first-order chi connectivity index (χ1) is 12.6. The standard InChI is InChI=1S/C20H21F3N2O2/c1-4-15-9-7-8-13(2)19(15)24-18(27)12-25(14(3)26)17-11-6-5-10-16(17)20(21,22)23/h5-11H,4,12H2,1-3H3,(H,24,27). The lowest BCUT2D eigenvalue weighted by Gasteiger charge is -2.24. The molecule has 0 unspecified atom stereocenters. The Morgan fingerprint density at radius 1 is 1.07 bits per heavy atom. The Hall–Kier alpha value is -2.83. The van der Waals surface area contributed by atoms with Gasteiger partial charge in [-0.1, -0.05) is 37.3 Å². The lowest BCUT2D eigenvalue weighted by atomic mass is 10.1. The second kappa shape index (κ2) is 8.24. The number of aryl methyl sites for hydroxylation is 2. The topological polar surface area (TPSA) is 49.4 Å². The number of carbonyl (C=O) groups is 2. The summed E-state index contributed by atoms with van der Waals surface area (Å²) < 4.78 is 39.8. The van der Waals surface area contributed by atoms with E-state index in [-0.39, 0.29) is 5.69 Å². The van der Waals surface area contributed by atoms with Crippen molar-refractivity contribution in [2.45, 2.75) is 33.4 Å². The average Bonchev–Trinajstić information content (AvgIpc) is 2.60. The molecule has 2 rings (SSSR count). The van der Waals surface area contributed by atoms with E-state index in [4.69, 9.17) is 0 Å². The van der Waals surface area contributed by atoms with E-state index in [0.29, 0.717) is 12.1 Å². The van der Waals surface area contributed by atoms with Crippen LogP contribution in [0.2, 0.25) is 0 Å². The zero-order valence-corrected chi connectivity index (χ0v) is 15.4. The highest BCUT2D eigenvalue weighted by Crippen LogP contribution is 2.36. The fourth-order valence-electron chi connectivity index (χ4n) is 2.84. The van der Waals surface area contributed by atoms with Crippen molar-refractivity contribution in [3.63, 3.8) is 0 Å². The van der Waals surface area contributed by atoms with Gasteiger partial charge in [-0.3, -0.25) is 9.59 Å². The number of halogens is 3. The zero-order valence-electron chi connectivity index (χ0n) is 15.4. The maximum atomic E-state index is 13.3. The fraction of sp³-hybridized carbons (Fsp3) is 0.300. The third-order valence-electron chi connectivity index (χ3n) is 4.19. The van der Waals surface area contributed by atoms with Gasteiger partial charge in [0.1, 0.15) is 6.54 Å². The molecule has 0 spiro atoms.